The van der Waals surface area contributed by atoms with Crippen molar-refractivity contribution in [3.63, 3.8) is 0 Å². The van der Waals surface area contributed by atoms with Crippen LogP contribution in [0.5, 0.6) is 0 Å². The molecule has 1 saturated heterocycles. The van der Waals surface area contributed by atoms with Gasteiger partial charge >= 0.3 is 5.97 Å². The maximum atomic E-state index is 12.2. The number of benzene rings is 1. The van der Waals surface area contributed by atoms with E-state index in [4.69, 9.17) is 5.11 Å². The quantitative estimate of drug-likeness (QED) is 0.634. The summed E-state index contributed by atoms with van der Waals surface area (Å²) in [7, 11) is 0. The van der Waals surface area contributed by atoms with E-state index in [-0.39, 0.29) is 17.5 Å². The maximum Gasteiger partial charge on any atom is 0.335 e. The summed E-state index contributed by atoms with van der Waals surface area (Å²) in [6, 6.07) is 6.86. The molecule has 1 amide bonds. The van der Waals surface area contributed by atoms with E-state index in [9.17, 15) is 14.7 Å². The van der Waals surface area contributed by atoms with Gasteiger partial charge in [0, 0.05) is 13.0 Å². The van der Waals surface area contributed by atoms with Crippen molar-refractivity contribution in [1.29, 1.82) is 0 Å². The summed E-state index contributed by atoms with van der Waals surface area (Å²) >= 11 is 0. The zero-order valence-electron chi connectivity index (χ0n) is 16.4. The number of aromatic carboxylic acids is 1. The number of carboxylic acid groups (broad SMARTS) is 1. The number of likely N-dealkylation sites (tertiary alicyclic amines) is 1. The average Bonchev–Trinajstić information content (AvgIpc) is 3.33. The Hall–Kier alpha value is -2.14. The van der Waals surface area contributed by atoms with Gasteiger partial charge in [-0.05, 0) is 49.3 Å². The Bertz CT molecular complexity index is 691. The SMILES string of the molecule is O=C(O)c1ccc(CCN2C(=O)CCC2/C=C/C(O)CCC2CCCC2)cc1. The molecule has 0 spiro atoms. The molecule has 2 aliphatic rings. The number of rotatable bonds is 9. The van der Waals surface area contributed by atoms with E-state index >= 15 is 0 Å². The zero-order chi connectivity index (χ0) is 19.9. The molecular weight excluding hydrogens is 354 g/mol. The molecule has 1 heterocycles. The number of carbonyl (C=O) groups is 2. The highest BCUT2D eigenvalue weighted by Gasteiger charge is 2.28. The minimum absolute atomic E-state index is 0.0481. The average molecular weight is 386 g/mol. The van der Waals surface area contributed by atoms with Gasteiger partial charge in [0.15, 0.2) is 0 Å². The first kappa shape index (κ1) is 20.6. The van der Waals surface area contributed by atoms with E-state index in [2.05, 4.69) is 0 Å². The predicted molar refractivity (Wildman–Crippen MR) is 108 cm³/mol. The summed E-state index contributed by atoms with van der Waals surface area (Å²) in [5.74, 6) is -0.00432. The molecule has 152 valence electrons. The van der Waals surface area contributed by atoms with E-state index in [1.807, 2.05) is 29.2 Å². The van der Waals surface area contributed by atoms with E-state index in [1.165, 1.54) is 25.7 Å². The van der Waals surface area contributed by atoms with Gasteiger partial charge in [0.1, 0.15) is 0 Å². The fraction of sp³-hybridized carbons (Fsp3) is 0.565. The molecule has 1 aromatic rings. The number of aliphatic hydroxyl groups is 1. The van der Waals surface area contributed by atoms with Crippen molar-refractivity contribution < 1.29 is 19.8 Å². The van der Waals surface area contributed by atoms with Crippen LogP contribution in [-0.2, 0) is 11.2 Å². The third kappa shape index (κ3) is 5.68. The molecule has 2 fully saturated rings. The first-order chi connectivity index (χ1) is 13.5. The highest BCUT2D eigenvalue weighted by molar-refractivity contribution is 5.87. The number of hydrogen-bond acceptors (Lipinski definition) is 3. The van der Waals surface area contributed by atoms with Crippen LogP contribution in [0.25, 0.3) is 0 Å². The second kappa shape index (κ2) is 9.87. The Morgan fingerprint density at radius 3 is 2.57 bits per heavy atom. The second-order valence-electron chi connectivity index (χ2n) is 8.13. The number of aliphatic hydroxyl groups excluding tert-OH is 1. The lowest BCUT2D eigenvalue weighted by molar-refractivity contribution is -0.128. The summed E-state index contributed by atoms with van der Waals surface area (Å²) < 4.78 is 0. The summed E-state index contributed by atoms with van der Waals surface area (Å²) in [6.07, 6.45) is 12.6. The fourth-order valence-corrected chi connectivity index (χ4v) is 4.37. The standard InChI is InChI=1S/C23H31NO4/c25-21(12-7-17-3-1-2-4-17)13-10-20-11-14-22(26)24(20)16-15-18-5-8-19(9-6-18)23(27)28/h5-6,8-10,13,17,20-21,25H,1-4,7,11-12,14-16H2,(H,27,28)/b13-10+. The highest BCUT2D eigenvalue weighted by Crippen LogP contribution is 2.29. The lowest BCUT2D eigenvalue weighted by Gasteiger charge is -2.23. The third-order valence-electron chi connectivity index (χ3n) is 6.12. The topological polar surface area (TPSA) is 77.8 Å². The van der Waals surface area contributed by atoms with E-state index in [0.29, 0.717) is 19.4 Å². The van der Waals surface area contributed by atoms with Gasteiger partial charge < -0.3 is 15.1 Å². The number of nitrogens with zero attached hydrogens (tertiary/aromatic N) is 1. The van der Waals surface area contributed by atoms with Crippen molar-refractivity contribution in [3.8, 4) is 0 Å². The van der Waals surface area contributed by atoms with Crippen molar-refractivity contribution in [2.75, 3.05) is 6.54 Å². The van der Waals surface area contributed by atoms with Gasteiger partial charge in [-0.3, -0.25) is 4.79 Å². The van der Waals surface area contributed by atoms with Gasteiger partial charge in [0.2, 0.25) is 5.91 Å². The molecular formula is C23H31NO4. The molecule has 5 nitrogen and oxygen atoms in total. The van der Waals surface area contributed by atoms with Crippen molar-refractivity contribution in [1.82, 2.24) is 4.90 Å². The Morgan fingerprint density at radius 2 is 1.89 bits per heavy atom. The van der Waals surface area contributed by atoms with Crippen LogP contribution >= 0.6 is 0 Å². The molecule has 2 atom stereocenters. The van der Waals surface area contributed by atoms with Gasteiger partial charge in [0.05, 0.1) is 17.7 Å². The van der Waals surface area contributed by atoms with Crippen LogP contribution < -0.4 is 0 Å². The largest absolute Gasteiger partial charge is 0.478 e. The van der Waals surface area contributed by atoms with Crippen molar-refractivity contribution in [2.45, 2.75) is 69.9 Å². The molecule has 28 heavy (non-hydrogen) atoms. The molecule has 1 aliphatic heterocycles. The van der Waals surface area contributed by atoms with Crippen LogP contribution in [0.4, 0.5) is 0 Å². The van der Waals surface area contributed by atoms with E-state index < -0.39 is 12.1 Å². The monoisotopic (exact) mass is 385 g/mol. The molecule has 1 aliphatic carbocycles. The summed E-state index contributed by atoms with van der Waals surface area (Å²) in [5, 5.41) is 19.2. The minimum Gasteiger partial charge on any atom is -0.478 e. The van der Waals surface area contributed by atoms with Gasteiger partial charge in [-0.25, -0.2) is 4.79 Å². The van der Waals surface area contributed by atoms with Gasteiger partial charge in [0.25, 0.3) is 0 Å². The Morgan fingerprint density at radius 1 is 1.18 bits per heavy atom. The van der Waals surface area contributed by atoms with Crippen LogP contribution in [0.1, 0.15) is 67.3 Å². The summed E-state index contributed by atoms with van der Waals surface area (Å²) in [4.78, 5) is 25.1. The number of carbonyl (C=O) groups excluding carboxylic acids is 1. The predicted octanol–water partition coefficient (Wildman–Crippen LogP) is 3.81. The van der Waals surface area contributed by atoms with Gasteiger partial charge in [-0.1, -0.05) is 50.0 Å². The fourth-order valence-electron chi connectivity index (χ4n) is 4.37. The molecule has 0 radical (unpaired) electrons. The Labute approximate surface area is 167 Å². The molecule has 2 N–H and O–H groups in total. The third-order valence-corrected chi connectivity index (χ3v) is 6.12. The van der Waals surface area contributed by atoms with Crippen LogP contribution in [-0.4, -0.2) is 45.7 Å². The molecule has 2 unspecified atom stereocenters. The Balaban J connectivity index is 1.48. The van der Waals surface area contributed by atoms with Crippen LogP contribution in [0.3, 0.4) is 0 Å². The summed E-state index contributed by atoms with van der Waals surface area (Å²) in [6.45, 7) is 0.610. The minimum atomic E-state index is -0.932. The van der Waals surface area contributed by atoms with Crippen LogP contribution in [0.2, 0.25) is 0 Å². The van der Waals surface area contributed by atoms with Crippen LogP contribution in [0.15, 0.2) is 36.4 Å². The van der Waals surface area contributed by atoms with Crippen molar-refractivity contribution in [3.05, 3.63) is 47.5 Å². The lowest BCUT2D eigenvalue weighted by Crippen LogP contribution is -2.33. The van der Waals surface area contributed by atoms with Gasteiger partial charge in [-0.15, -0.1) is 0 Å². The number of hydrogen-bond donors (Lipinski definition) is 2. The highest BCUT2D eigenvalue weighted by atomic mass is 16.4. The molecule has 0 bridgehead atoms. The number of amides is 1. The van der Waals surface area contributed by atoms with Crippen molar-refractivity contribution in [2.24, 2.45) is 5.92 Å². The molecule has 5 heteroatoms. The smallest absolute Gasteiger partial charge is 0.335 e. The van der Waals surface area contributed by atoms with Crippen LogP contribution in [0, 0.1) is 5.92 Å². The second-order valence-corrected chi connectivity index (χ2v) is 8.13. The molecule has 0 aromatic heterocycles. The number of carboxylic acids is 1. The molecule has 1 saturated carbocycles. The summed E-state index contributed by atoms with van der Waals surface area (Å²) in [5.41, 5.74) is 1.29. The Kier molecular flexibility index (Phi) is 7.26. The molecule has 1 aromatic carbocycles. The van der Waals surface area contributed by atoms with Gasteiger partial charge in [-0.2, -0.15) is 0 Å². The first-order valence-corrected chi connectivity index (χ1v) is 10.5. The van der Waals surface area contributed by atoms with E-state index in [0.717, 1.165) is 30.7 Å². The van der Waals surface area contributed by atoms with E-state index in [1.54, 1.807) is 12.1 Å². The lowest BCUT2D eigenvalue weighted by atomic mass is 9.99. The van der Waals surface area contributed by atoms with Crippen molar-refractivity contribution >= 4 is 11.9 Å². The maximum absolute atomic E-state index is 12.2. The molecule has 3 rings (SSSR count). The zero-order valence-corrected chi connectivity index (χ0v) is 16.4. The first-order valence-electron chi connectivity index (χ1n) is 10.5. The normalized spacial score (nSPS) is 21.7.